The first-order valence-electron chi connectivity index (χ1n) is 7.00. The largest absolute Gasteiger partial charge is 0.405 e. The Labute approximate surface area is 135 Å². The standard InChI is InChI=1S/C15H15F3N4O2/c1-9-3-4-22(7-11-6-19-10(2)5-20-11)14(24)12(9)13(23)21-8-15(16,17)18/h3-6H,7-8H2,1-2H3,(H,21,23). The molecule has 0 unspecified atom stereocenters. The monoisotopic (exact) mass is 340 g/mol. The molecule has 0 aliphatic carbocycles. The van der Waals surface area contributed by atoms with Crippen LogP contribution in [0.1, 0.15) is 27.3 Å². The Morgan fingerprint density at radius 2 is 1.96 bits per heavy atom. The zero-order valence-electron chi connectivity index (χ0n) is 13.0. The van der Waals surface area contributed by atoms with Crippen molar-refractivity contribution in [2.45, 2.75) is 26.6 Å². The zero-order valence-corrected chi connectivity index (χ0v) is 13.0. The summed E-state index contributed by atoms with van der Waals surface area (Å²) in [7, 11) is 0. The van der Waals surface area contributed by atoms with Crippen LogP contribution in [0.25, 0.3) is 0 Å². The number of rotatable bonds is 4. The van der Waals surface area contributed by atoms with Gasteiger partial charge in [-0.2, -0.15) is 13.2 Å². The number of aromatic nitrogens is 3. The van der Waals surface area contributed by atoms with Gasteiger partial charge in [0.25, 0.3) is 11.5 Å². The summed E-state index contributed by atoms with van der Waals surface area (Å²) in [6, 6.07) is 1.49. The molecule has 2 rings (SSSR count). The zero-order chi connectivity index (χ0) is 17.9. The maximum atomic E-state index is 12.4. The molecule has 0 aliphatic heterocycles. The lowest BCUT2D eigenvalue weighted by molar-refractivity contribution is -0.123. The van der Waals surface area contributed by atoms with Crippen molar-refractivity contribution in [3.05, 3.63) is 57.5 Å². The van der Waals surface area contributed by atoms with Crippen LogP contribution in [0.4, 0.5) is 13.2 Å². The van der Waals surface area contributed by atoms with Crippen molar-refractivity contribution >= 4 is 5.91 Å². The van der Waals surface area contributed by atoms with Crippen LogP contribution in [0.3, 0.4) is 0 Å². The highest BCUT2D eigenvalue weighted by molar-refractivity contribution is 5.95. The molecule has 6 nitrogen and oxygen atoms in total. The predicted octanol–water partition coefficient (Wildman–Crippen LogP) is 1.60. The fraction of sp³-hybridized carbons (Fsp3) is 0.333. The van der Waals surface area contributed by atoms with Crippen molar-refractivity contribution in [1.82, 2.24) is 19.9 Å². The van der Waals surface area contributed by atoms with Crippen LogP contribution in [-0.4, -0.2) is 33.2 Å². The van der Waals surface area contributed by atoms with Gasteiger partial charge in [-0.3, -0.25) is 19.6 Å². The Kier molecular flexibility index (Phi) is 5.01. The van der Waals surface area contributed by atoms with E-state index in [9.17, 15) is 22.8 Å². The third kappa shape index (κ3) is 4.40. The van der Waals surface area contributed by atoms with Gasteiger partial charge in [0, 0.05) is 12.4 Å². The highest BCUT2D eigenvalue weighted by atomic mass is 19.4. The van der Waals surface area contributed by atoms with Gasteiger partial charge in [0.05, 0.1) is 24.1 Å². The molecule has 2 aromatic heterocycles. The molecular weight excluding hydrogens is 325 g/mol. The van der Waals surface area contributed by atoms with Gasteiger partial charge in [-0.1, -0.05) is 0 Å². The SMILES string of the molecule is Cc1cnc(Cn2ccc(C)c(C(=O)NCC(F)(F)F)c2=O)cn1. The summed E-state index contributed by atoms with van der Waals surface area (Å²) in [4.78, 5) is 32.5. The predicted molar refractivity (Wildman–Crippen MR) is 79.7 cm³/mol. The van der Waals surface area contributed by atoms with Crippen molar-refractivity contribution in [2.75, 3.05) is 6.54 Å². The lowest BCUT2D eigenvalue weighted by Crippen LogP contribution is -2.38. The smallest absolute Gasteiger partial charge is 0.343 e. The van der Waals surface area contributed by atoms with E-state index in [1.807, 2.05) is 0 Å². The quantitative estimate of drug-likeness (QED) is 0.917. The number of amides is 1. The highest BCUT2D eigenvalue weighted by Crippen LogP contribution is 2.13. The second-order valence-electron chi connectivity index (χ2n) is 5.25. The molecule has 0 aliphatic rings. The number of aryl methyl sites for hydroxylation is 2. The van der Waals surface area contributed by atoms with Crippen molar-refractivity contribution in [1.29, 1.82) is 0 Å². The molecule has 0 aromatic carbocycles. The topological polar surface area (TPSA) is 76.9 Å². The van der Waals surface area contributed by atoms with Gasteiger partial charge in [0.2, 0.25) is 0 Å². The number of nitrogens with one attached hydrogen (secondary N) is 1. The van der Waals surface area contributed by atoms with Crippen LogP contribution >= 0.6 is 0 Å². The first-order valence-corrected chi connectivity index (χ1v) is 7.00. The summed E-state index contributed by atoms with van der Waals surface area (Å²) in [6.45, 7) is 1.81. The van der Waals surface area contributed by atoms with E-state index in [0.29, 0.717) is 17.0 Å². The summed E-state index contributed by atoms with van der Waals surface area (Å²) < 4.78 is 37.9. The van der Waals surface area contributed by atoms with E-state index >= 15 is 0 Å². The molecule has 1 amide bonds. The fourth-order valence-electron chi connectivity index (χ4n) is 2.01. The van der Waals surface area contributed by atoms with E-state index in [0.717, 1.165) is 0 Å². The third-order valence-corrected chi connectivity index (χ3v) is 3.22. The average molecular weight is 340 g/mol. The number of pyridine rings is 1. The van der Waals surface area contributed by atoms with Gasteiger partial charge in [-0.15, -0.1) is 0 Å². The Bertz CT molecular complexity index is 798. The number of halogens is 3. The second kappa shape index (κ2) is 6.81. The van der Waals surface area contributed by atoms with E-state index in [-0.39, 0.29) is 12.1 Å². The van der Waals surface area contributed by atoms with Gasteiger partial charge in [0.1, 0.15) is 12.1 Å². The van der Waals surface area contributed by atoms with E-state index in [2.05, 4.69) is 9.97 Å². The molecule has 0 radical (unpaired) electrons. The van der Waals surface area contributed by atoms with Crippen LogP contribution in [0.2, 0.25) is 0 Å². The Hall–Kier alpha value is -2.71. The molecule has 0 bridgehead atoms. The van der Waals surface area contributed by atoms with Crippen molar-refractivity contribution < 1.29 is 18.0 Å². The highest BCUT2D eigenvalue weighted by Gasteiger charge is 2.29. The third-order valence-electron chi connectivity index (χ3n) is 3.22. The Morgan fingerprint density at radius 1 is 1.25 bits per heavy atom. The molecule has 0 saturated heterocycles. The first-order chi connectivity index (χ1) is 11.2. The summed E-state index contributed by atoms with van der Waals surface area (Å²) in [6.07, 6.45) is -0.0644. The molecule has 2 heterocycles. The number of hydrogen-bond acceptors (Lipinski definition) is 4. The molecule has 24 heavy (non-hydrogen) atoms. The molecule has 2 aromatic rings. The summed E-state index contributed by atoms with van der Waals surface area (Å²) in [5, 5.41) is 1.71. The van der Waals surface area contributed by atoms with Crippen LogP contribution in [0.15, 0.2) is 29.5 Å². The molecule has 0 spiro atoms. The number of nitrogens with zero attached hydrogens (tertiary/aromatic N) is 3. The molecule has 0 saturated carbocycles. The molecule has 1 N–H and O–H groups in total. The van der Waals surface area contributed by atoms with Gasteiger partial charge in [0.15, 0.2) is 0 Å². The number of carbonyl (C=O) groups is 1. The summed E-state index contributed by atoms with van der Waals surface area (Å²) in [5.74, 6) is -1.06. The molecule has 0 fully saturated rings. The Morgan fingerprint density at radius 3 is 2.54 bits per heavy atom. The first kappa shape index (κ1) is 17.6. The van der Waals surface area contributed by atoms with Crippen LogP contribution < -0.4 is 10.9 Å². The average Bonchev–Trinajstić information content (AvgIpc) is 2.49. The molecule has 128 valence electrons. The maximum Gasteiger partial charge on any atom is 0.405 e. The molecule has 9 heteroatoms. The minimum absolute atomic E-state index is 0.0615. The van der Waals surface area contributed by atoms with Gasteiger partial charge in [-0.05, 0) is 25.5 Å². The van der Waals surface area contributed by atoms with Gasteiger partial charge in [-0.25, -0.2) is 0 Å². The number of carbonyl (C=O) groups excluding carboxylic acids is 1. The van der Waals surface area contributed by atoms with E-state index in [4.69, 9.17) is 0 Å². The maximum absolute atomic E-state index is 12.4. The van der Waals surface area contributed by atoms with E-state index in [1.165, 1.54) is 36.1 Å². The molecular formula is C15H15F3N4O2. The summed E-state index contributed by atoms with van der Waals surface area (Å²) >= 11 is 0. The lowest BCUT2D eigenvalue weighted by atomic mass is 10.1. The van der Waals surface area contributed by atoms with Crippen LogP contribution in [0.5, 0.6) is 0 Å². The van der Waals surface area contributed by atoms with Gasteiger partial charge < -0.3 is 9.88 Å². The Balaban J connectivity index is 2.28. The minimum Gasteiger partial charge on any atom is -0.343 e. The van der Waals surface area contributed by atoms with E-state index < -0.39 is 24.2 Å². The second-order valence-corrected chi connectivity index (χ2v) is 5.25. The van der Waals surface area contributed by atoms with Crippen molar-refractivity contribution in [3.63, 3.8) is 0 Å². The van der Waals surface area contributed by atoms with Crippen LogP contribution in [-0.2, 0) is 6.54 Å². The van der Waals surface area contributed by atoms with Crippen LogP contribution in [0, 0.1) is 13.8 Å². The fourth-order valence-corrected chi connectivity index (χ4v) is 2.01. The normalized spacial score (nSPS) is 11.4. The van der Waals surface area contributed by atoms with Crippen molar-refractivity contribution in [2.24, 2.45) is 0 Å². The molecule has 0 atom stereocenters. The summed E-state index contributed by atoms with van der Waals surface area (Å²) in [5.41, 5.74) is 0.500. The minimum atomic E-state index is -4.55. The van der Waals surface area contributed by atoms with E-state index in [1.54, 1.807) is 12.2 Å². The number of alkyl halides is 3. The number of hydrogen-bond donors (Lipinski definition) is 1. The lowest BCUT2D eigenvalue weighted by Gasteiger charge is -2.12. The van der Waals surface area contributed by atoms with Crippen molar-refractivity contribution in [3.8, 4) is 0 Å². The van der Waals surface area contributed by atoms with Gasteiger partial charge >= 0.3 is 6.18 Å².